The molecular weight excluding hydrogens is 252 g/mol. The Labute approximate surface area is 121 Å². The largest absolute Gasteiger partial charge is 0.387 e. The molecule has 0 aliphatic carbocycles. The van der Waals surface area contributed by atoms with E-state index in [1.165, 1.54) is 0 Å². The van der Waals surface area contributed by atoms with Gasteiger partial charge in [0.05, 0.1) is 12.6 Å². The lowest BCUT2D eigenvalue weighted by Crippen LogP contribution is -2.39. The molecule has 20 heavy (non-hydrogen) atoms. The van der Waals surface area contributed by atoms with E-state index in [2.05, 4.69) is 11.9 Å². The van der Waals surface area contributed by atoms with E-state index in [4.69, 9.17) is 0 Å². The molecule has 110 valence electrons. The molecule has 1 amide bonds. The highest BCUT2D eigenvalue weighted by Gasteiger charge is 2.14. The predicted molar refractivity (Wildman–Crippen MR) is 81.5 cm³/mol. The molecule has 1 unspecified atom stereocenters. The van der Waals surface area contributed by atoms with Crippen LogP contribution in [0, 0.1) is 6.92 Å². The highest BCUT2D eigenvalue weighted by molar-refractivity contribution is 5.78. The number of aryl methyl sites for hydroxylation is 1. The number of carbonyl (C=O) groups excluding carboxylic acids is 1. The van der Waals surface area contributed by atoms with Crippen molar-refractivity contribution in [2.75, 3.05) is 26.2 Å². The van der Waals surface area contributed by atoms with Crippen molar-refractivity contribution in [1.29, 1.82) is 0 Å². The smallest absolute Gasteiger partial charge is 0.234 e. The number of aliphatic hydroxyl groups excluding tert-OH is 1. The average molecular weight is 276 g/mol. The number of hydrogen-bond donors (Lipinski definition) is 2. The van der Waals surface area contributed by atoms with E-state index in [0.29, 0.717) is 19.6 Å². The molecule has 0 spiro atoms. The standard InChI is InChI=1S/C16H24N2O2/c1-4-10-17-16(20)12-18(5-2)11-15(19)14-8-6-13(3)7-9-14/h4,6-9,15,19H,1,5,10-12H2,2-3H3,(H,17,20). The highest BCUT2D eigenvalue weighted by atomic mass is 16.3. The molecule has 0 bridgehead atoms. The molecule has 0 aromatic heterocycles. The van der Waals surface area contributed by atoms with Crippen molar-refractivity contribution in [3.8, 4) is 0 Å². The molecule has 0 saturated heterocycles. The number of nitrogens with zero attached hydrogens (tertiary/aromatic N) is 1. The van der Waals surface area contributed by atoms with Gasteiger partial charge in [-0.1, -0.05) is 42.8 Å². The Morgan fingerprint density at radius 2 is 2.10 bits per heavy atom. The third-order valence-electron chi connectivity index (χ3n) is 3.15. The van der Waals surface area contributed by atoms with Crippen LogP contribution in [0.5, 0.6) is 0 Å². The molecule has 1 aromatic rings. The first-order valence-corrected chi connectivity index (χ1v) is 6.91. The number of hydrogen-bond acceptors (Lipinski definition) is 3. The SMILES string of the molecule is C=CCNC(=O)CN(CC)CC(O)c1ccc(C)cc1. The number of benzene rings is 1. The number of amides is 1. The van der Waals surface area contributed by atoms with Crippen LogP contribution < -0.4 is 5.32 Å². The molecule has 0 saturated carbocycles. The highest BCUT2D eigenvalue weighted by Crippen LogP contribution is 2.14. The van der Waals surface area contributed by atoms with Gasteiger partial charge in [0.25, 0.3) is 0 Å². The number of carbonyl (C=O) groups is 1. The van der Waals surface area contributed by atoms with Gasteiger partial charge in [0.1, 0.15) is 0 Å². The zero-order chi connectivity index (χ0) is 15.0. The minimum Gasteiger partial charge on any atom is -0.387 e. The summed E-state index contributed by atoms with van der Waals surface area (Å²) in [6, 6.07) is 7.80. The molecule has 1 aromatic carbocycles. The fourth-order valence-corrected chi connectivity index (χ4v) is 1.89. The topological polar surface area (TPSA) is 52.6 Å². The normalized spacial score (nSPS) is 12.2. The van der Waals surface area contributed by atoms with Crippen LogP contribution in [0.3, 0.4) is 0 Å². The Balaban J connectivity index is 2.52. The van der Waals surface area contributed by atoms with Crippen LogP contribution in [-0.2, 0) is 4.79 Å². The molecule has 1 atom stereocenters. The van der Waals surface area contributed by atoms with Gasteiger partial charge < -0.3 is 10.4 Å². The summed E-state index contributed by atoms with van der Waals surface area (Å²) < 4.78 is 0. The molecule has 0 heterocycles. The summed E-state index contributed by atoms with van der Waals surface area (Å²) in [6.07, 6.45) is 1.07. The van der Waals surface area contributed by atoms with Gasteiger partial charge in [0.15, 0.2) is 0 Å². The van der Waals surface area contributed by atoms with E-state index in [1.54, 1.807) is 6.08 Å². The second kappa shape index (κ2) is 8.51. The molecule has 2 N–H and O–H groups in total. The summed E-state index contributed by atoms with van der Waals surface area (Å²) in [6.45, 7) is 9.46. The van der Waals surface area contributed by atoms with Crippen LogP contribution in [0.1, 0.15) is 24.2 Å². The van der Waals surface area contributed by atoms with Gasteiger partial charge in [-0.15, -0.1) is 6.58 Å². The van der Waals surface area contributed by atoms with Crippen LogP contribution >= 0.6 is 0 Å². The lowest BCUT2D eigenvalue weighted by Gasteiger charge is -2.23. The van der Waals surface area contributed by atoms with E-state index in [1.807, 2.05) is 43.0 Å². The van der Waals surface area contributed by atoms with Crippen molar-refractivity contribution in [2.24, 2.45) is 0 Å². The molecule has 1 rings (SSSR count). The Hall–Kier alpha value is -1.65. The Morgan fingerprint density at radius 3 is 2.65 bits per heavy atom. The van der Waals surface area contributed by atoms with Gasteiger partial charge in [0.2, 0.25) is 5.91 Å². The summed E-state index contributed by atoms with van der Waals surface area (Å²) in [5.41, 5.74) is 2.04. The van der Waals surface area contributed by atoms with Crippen molar-refractivity contribution in [1.82, 2.24) is 10.2 Å². The first-order valence-electron chi connectivity index (χ1n) is 6.91. The number of rotatable bonds is 8. The fourth-order valence-electron chi connectivity index (χ4n) is 1.89. The van der Waals surface area contributed by atoms with Gasteiger partial charge in [-0.25, -0.2) is 0 Å². The predicted octanol–water partition coefficient (Wildman–Crippen LogP) is 1.65. The number of aliphatic hydroxyl groups is 1. The lowest BCUT2D eigenvalue weighted by molar-refractivity contribution is -0.122. The van der Waals surface area contributed by atoms with Crippen LogP contribution in [0.15, 0.2) is 36.9 Å². The van der Waals surface area contributed by atoms with Crippen LogP contribution in [0.25, 0.3) is 0 Å². The molecule has 4 nitrogen and oxygen atoms in total. The zero-order valence-corrected chi connectivity index (χ0v) is 12.3. The fraction of sp³-hybridized carbons (Fsp3) is 0.438. The minimum absolute atomic E-state index is 0.0529. The van der Waals surface area contributed by atoms with Gasteiger partial charge in [0, 0.05) is 13.1 Å². The summed E-state index contributed by atoms with van der Waals surface area (Å²) in [7, 11) is 0. The van der Waals surface area contributed by atoms with Crippen LogP contribution in [-0.4, -0.2) is 42.1 Å². The summed E-state index contributed by atoms with van der Waals surface area (Å²) in [5.74, 6) is -0.0529. The zero-order valence-electron chi connectivity index (χ0n) is 12.3. The molecule has 4 heteroatoms. The van der Waals surface area contributed by atoms with E-state index < -0.39 is 6.10 Å². The van der Waals surface area contributed by atoms with E-state index in [0.717, 1.165) is 11.1 Å². The first-order chi connectivity index (χ1) is 9.56. The van der Waals surface area contributed by atoms with E-state index in [-0.39, 0.29) is 12.5 Å². The minimum atomic E-state index is -0.581. The van der Waals surface area contributed by atoms with Crippen molar-refractivity contribution in [3.63, 3.8) is 0 Å². The van der Waals surface area contributed by atoms with Crippen LogP contribution in [0.2, 0.25) is 0 Å². The molecular formula is C16H24N2O2. The van der Waals surface area contributed by atoms with Crippen molar-refractivity contribution < 1.29 is 9.90 Å². The molecule has 0 radical (unpaired) electrons. The monoisotopic (exact) mass is 276 g/mol. The van der Waals surface area contributed by atoms with Gasteiger partial charge >= 0.3 is 0 Å². The van der Waals surface area contributed by atoms with Gasteiger partial charge in [-0.05, 0) is 19.0 Å². The summed E-state index contributed by atoms with van der Waals surface area (Å²) in [5, 5.41) is 12.9. The lowest BCUT2D eigenvalue weighted by atomic mass is 10.1. The van der Waals surface area contributed by atoms with Crippen LogP contribution in [0.4, 0.5) is 0 Å². The van der Waals surface area contributed by atoms with E-state index in [9.17, 15) is 9.90 Å². The van der Waals surface area contributed by atoms with E-state index >= 15 is 0 Å². The Bertz CT molecular complexity index is 429. The Morgan fingerprint density at radius 1 is 1.45 bits per heavy atom. The quantitative estimate of drug-likeness (QED) is 0.710. The van der Waals surface area contributed by atoms with Gasteiger partial charge in [-0.2, -0.15) is 0 Å². The summed E-state index contributed by atoms with van der Waals surface area (Å²) >= 11 is 0. The Kier molecular flexibility index (Phi) is 6.98. The molecule has 0 aliphatic rings. The second-order valence-electron chi connectivity index (χ2n) is 4.85. The second-order valence-corrected chi connectivity index (χ2v) is 4.85. The number of nitrogens with one attached hydrogen (secondary N) is 1. The van der Waals surface area contributed by atoms with Gasteiger partial charge in [-0.3, -0.25) is 9.69 Å². The third-order valence-corrected chi connectivity index (χ3v) is 3.15. The molecule has 0 aliphatic heterocycles. The van der Waals surface area contributed by atoms with Crippen molar-refractivity contribution in [2.45, 2.75) is 20.0 Å². The third kappa shape index (κ3) is 5.55. The van der Waals surface area contributed by atoms with Crippen molar-refractivity contribution in [3.05, 3.63) is 48.0 Å². The molecule has 0 fully saturated rings. The maximum absolute atomic E-state index is 11.7. The first kappa shape index (κ1) is 16.4. The average Bonchev–Trinajstić information content (AvgIpc) is 2.44. The van der Waals surface area contributed by atoms with Crippen molar-refractivity contribution >= 4 is 5.91 Å². The number of likely N-dealkylation sites (N-methyl/N-ethyl adjacent to an activating group) is 1. The maximum Gasteiger partial charge on any atom is 0.234 e. The maximum atomic E-state index is 11.7. The summed E-state index contributed by atoms with van der Waals surface area (Å²) in [4.78, 5) is 13.6.